The predicted molar refractivity (Wildman–Crippen MR) is 78.4 cm³/mol. The highest BCUT2D eigenvalue weighted by molar-refractivity contribution is 5.38. The Bertz CT molecular complexity index is 348. The van der Waals surface area contributed by atoms with Crippen molar-refractivity contribution in [3.8, 4) is 0 Å². The number of aliphatic hydroxyl groups is 1. The molecule has 1 aromatic heterocycles. The molecule has 2 heterocycles. The number of hydrogen-bond donors (Lipinski definition) is 2. The quantitative estimate of drug-likeness (QED) is 0.768. The third-order valence-corrected chi connectivity index (χ3v) is 3.70. The number of aromatic nitrogens is 1. The molecule has 2 rings (SSSR count). The molecule has 0 amide bonds. The van der Waals surface area contributed by atoms with Gasteiger partial charge in [0.2, 0.25) is 0 Å². The molecule has 1 unspecified atom stereocenters. The van der Waals surface area contributed by atoms with Crippen molar-refractivity contribution in [3.05, 3.63) is 24.4 Å². The molecule has 1 aliphatic heterocycles. The van der Waals surface area contributed by atoms with E-state index in [-0.39, 0.29) is 6.10 Å². The molecule has 1 fully saturated rings. The fraction of sp³-hybridized carbons (Fsp3) is 0.667. The Kier molecular flexibility index (Phi) is 5.61. The van der Waals surface area contributed by atoms with Crippen molar-refractivity contribution in [1.82, 2.24) is 10.3 Å². The van der Waals surface area contributed by atoms with Crippen molar-refractivity contribution in [1.29, 1.82) is 0 Å². The van der Waals surface area contributed by atoms with Crippen molar-refractivity contribution in [3.63, 3.8) is 0 Å². The van der Waals surface area contributed by atoms with E-state index in [2.05, 4.69) is 21.3 Å². The Morgan fingerprint density at radius 2 is 2.21 bits per heavy atom. The van der Waals surface area contributed by atoms with Gasteiger partial charge in [0.25, 0.3) is 0 Å². The third kappa shape index (κ3) is 4.80. The van der Waals surface area contributed by atoms with E-state index in [1.807, 2.05) is 25.3 Å². The van der Waals surface area contributed by atoms with Gasteiger partial charge in [0.1, 0.15) is 5.82 Å². The van der Waals surface area contributed by atoms with Crippen LogP contribution in [0, 0.1) is 0 Å². The molecule has 0 bridgehead atoms. The Balaban J connectivity index is 1.65. The van der Waals surface area contributed by atoms with Gasteiger partial charge in [0, 0.05) is 25.3 Å². The molecule has 0 aliphatic carbocycles. The fourth-order valence-corrected chi connectivity index (χ4v) is 2.56. The summed E-state index contributed by atoms with van der Waals surface area (Å²) in [4.78, 5) is 6.76. The smallest absolute Gasteiger partial charge is 0.128 e. The van der Waals surface area contributed by atoms with Crippen LogP contribution in [0.25, 0.3) is 0 Å². The maximum absolute atomic E-state index is 9.21. The van der Waals surface area contributed by atoms with Gasteiger partial charge in [0.05, 0.1) is 6.10 Å². The van der Waals surface area contributed by atoms with Gasteiger partial charge < -0.3 is 15.3 Å². The average molecular weight is 263 g/mol. The summed E-state index contributed by atoms with van der Waals surface area (Å²) >= 11 is 0. The second-order valence-corrected chi connectivity index (χ2v) is 5.39. The van der Waals surface area contributed by atoms with E-state index in [0.29, 0.717) is 6.04 Å². The van der Waals surface area contributed by atoms with Gasteiger partial charge in [-0.3, -0.25) is 0 Å². The molecule has 0 spiro atoms. The highest BCUT2D eigenvalue weighted by atomic mass is 16.3. The number of rotatable bonds is 6. The molecule has 4 heteroatoms. The van der Waals surface area contributed by atoms with Gasteiger partial charge in [-0.15, -0.1) is 0 Å². The van der Waals surface area contributed by atoms with E-state index in [9.17, 15) is 5.11 Å². The normalized spacial score (nSPS) is 18.5. The molecule has 1 aromatic rings. The van der Waals surface area contributed by atoms with E-state index >= 15 is 0 Å². The van der Waals surface area contributed by atoms with Gasteiger partial charge >= 0.3 is 0 Å². The fourth-order valence-electron chi connectivity index (χ4n) is 2.56. The van der Waals surface area contributed by atoms with E-state index in [0.717, 1.165) is 38.3 Å². The summed E-state index contributed by atoms with van der Waals surface area (Å²) in [6.45, 7) is 5.01. The maximum atomic E-state index is 9.21. The summed E-state index contributed by atoms with van der Waals surface area (Å²) in [5.74, 6) is 1.09. The number of aliphatic hydroxyl groups excluding tert-OH is 1. The van der Waals surface area contributed by atoms with Gasteiger partial charge in [0.15, 0.2) is 0 Å². The van der Waals surface area contributed by atoms with Crippen LogP contribution in [0.15, 0.2) is 24.4 Å². The molecular weight excluding hydrogens is 238 g/mol. The number of pyridine rings is 1. The van der Waals surface area contributed by atoms with E-state index < -0.39 is 0 Å². The van der Waals surface area contributed by atoms with E-state index in [1.165, 1.54) is 12.8 Å². The van der Waals surface area contributed by atoms with E-state index in [1.54, 1.807) is 0 Å². The second-order valence-electron chi connectivity index (χ2n) is 5.39. The van der Waals surface area contributed by atoms with Crippen LogP contribution in [0.5, 0.6) is 0 Å². The van der Waals surface area contributed by atoms with Crippen LogP contribution in [0.3, 0.4) is 0 Å². The minimum absolute atomic E-state index is 0.173. The molecule has 106 valence electrons. The van der Waals surface area contributed by atoms with Crippen LogP contribution in [0.2, 0.25) is 0 Å². The van der Waals surface area contributed by atoms with Gasteiger partial charge in [-0.05, 0) is 51.3 Å². The summed E-state index contributed by atoms with van der Waals surface area (Å²) in [5.41, 5.74) is 0. The van der Waals surface area contributed by atoms with Crippen LogP contribution in [0.1, 0.15) is 32.6 Å². The van der Waals surface area contributed by atoms with Crippen LogP contribution in [-0.4, -0.2) is 41.9 Å². The van der Waals surface area contributed by atoms with Crippen molar-refractivity contribution in [2.45, 2.75) is 44.8 Å². The third-order valence-electron chi connectivity index (χ3n) is 3.70. The van der Waals surface area contributed by atoms with Crippen molar-refractivity contribution >= 4 is 5.82 Å². The lowest BCUT2D eigenvalue weighted by Crippen LogP contribution is -2.43. The summed E-state index contributed by atoms with van der Waals surface area (Å²) in [7, 11) is 0. The summed E-state index contributed by atoms with van der Waals surface area (Å²) in [6, 6.07) is 6.70. The Labute approximate surface area is 115 Å². The zero-order valence-electron chi connectivity index (χ0n) is 11.8. The minimum atomic E-state index is -0.173. The Hall–Kier alpha value is -1.13. The minimum Gasteiger partial charge on any atom is -0.393 e. The summed E-state index contributed by atoms with van der Waals surface area (Å²) < 4.78 is 0. The zero-order chi connectivity index (χ0) is 13.5. The number of piperidine rings is 1. The van der Waals surface area contributed by atoms with Crippen LogP contribution in [0.4, 0.5) is 5.82 Å². The first-order valence-corrected chi connectivity index (χ1v) is 7.33. The maximum Gasteiger partial charge on any atom is 0.128 e. The highest BCUT2D eigenvalue weighted by Crippen LogP contribution is 2.17. The number of anilines is 1. The average Bonchev–Trinajstić information content (AvgIpc) is 2.45. The highest BCUT2D eigenvalue weighted by Gasteiger charge is 2.19. The molecule has 0 aromatic carbocycles. The molecule has 1 aliphatic rings. The summed E-state index contributed by atoms with van der Waals surface area (Å²) in [5, 5.41) is 12.8. The summed E-state index contributed by atoms with van der Waals surface area (Å²) in [6.07, 6.45) is 5.97. The SMILES string of the molecule is CC(O)CCCNC1CCN(c2ccccn2)CC1. The van der Waals surface area contributed by atoms with Crippen LogP contribution in [-0.2, 0) is 0 Å². The largest absolute Gasteiger partial charge is 0.393 e. The van der Waals surface area contributed by atoms with Gasteiger partial charge in [-0.2, -0.15) is 0 Å². The molecular formula is C15H25N3O. The topological polar surface area (TPSA) is 48.4 Å². The standard InChI is InChI=1S/C15H25N3O/c1-13(19)5-4-10-16-14-7-11-18(12-8-14)15-6-2-3-9-17-15/h2-3,6,9,13-14,16,19H,4-5,7-8,10-12H2,1H3. The zero-order valence-corrected chi connectivity index (χ0v) is 11.8. The van der Waals surface area contributed by atoms with Crippen molar-refractivity contribution in [2.75, 3.05) is 24.5 Å². The predicted octanol–water partition coefficient (Wildman–Crippen LogP) is 1.80. The van der Waals surface area contributed by atoms with Gasteiger partial charge in [-0.1, -0.05) is 6.07 Å². The first-order chi connectivity index (χ1) is 9.25. The number of hydrogen-bond acceptors (Lipinski definition) is 4. The Morgan fingerprint density at radius 3 is 2.84 bits per heavy atom. The molecule has 4 nitrogen and oxygen atoms in total. The second kappa shape index (κ2) is 7.46. The van der Waals surface area contributed by atoms with E-state index in [4.69, 9.17) is 0 Å². The molecule has 0 saturated carbocycles. The van der Waals surface area contributed by atoms with Gasteiger partial charge in [-0.25, -0.2) is 4.98 Å². The lowest BCUT2D eigenvalue weighted by Gasteiger charge is -2.33. The monoisotopic (exact) mass is 263 g/mol. The van der Waals surface area contributed by atoms with Crippen molar-refractivity contribution < 1.29 is 5.11 Å². The molecule has 0 radical (unpaired) electrons. The van der Waals surface area contributed by atoms with Crippen LogP contribution >= 0.6 is 0 Å². The molecule has 19 heavy (non-hydrogen) atoms. The lowest BCUT2D eigenvalue weighted by atomic mass is 10.0. The molecule has 1 atom stereocenters. The Morgan fingerprint density at radius 1 is 1.42 bits per heavy atom. The number of nitrogens with zero attached hydrogens (tertiary/aromatic N) is 2. The number of nitrogens with one attached hydrogen (secondary N) is 1. The molecule has 1 saturated heterocycles. The first kappa shape index (κ1) is 14.3. The first-order valence-electron chi connectivity index (χ1n) is 7.33. The lowest BCUT2D eigenvalue weighted by molar-refractivity contribution is 0.180. The van der Waals surface area contributed by atoms with Crippen LogP contribution < -0.4 is 10.2 Å². The van der Waals surface area contributed by atoms with Crippen molar-refractivity contribution in [2.24, 2.45) is 0 Å². The molecule has 2 N–H and O–H groups in total.